The molecule has 0 aromatic rings. The zero-order valence-electron chi connectivity index (χ0n) is 8.84. The minimum atomic E-state index is 0.728. The highest BCUT2D eigenvalue weighted by molar-refractivity contribution is 7.99. The molecule has 2 fully saturated rings. The summed E-state index contributed by atoms with van der Waals surface area (Å²) in [4.78, 5) is 0. The molecule has 0 bridgehead atoms. The van der Waals surface area contributed by atoms with Crippen molar-refractivity contribution in [2.24, 2.45) is 0 Å². The van der Waals surface area contributed by atoms with Crippen LogP contribution in [-0.2, 0) is 4.74 Å². The van der Waals surface area contributed by atoms with E-state index >= 15 is 0 Å². The van der Waals surface area contributed by atoms with Gasteiger partial charge >= 0.3 is 0 Å². The summed E-state index contributed by atoms with van der Waals surface area (Å²) < 4.78 is 5.35. The van der Waals surface area contributed by atoms with Gasteiger partial charge in [-0.25, -0.2) is 0 Å². The second-order valence-electron chi connectivity index (χ2n) is 4.28. The van der Waals surface area contributed by atoms with Crippen molar-refractivity contribution in [2.45, 2.75) is 43.4 Å². The molecule has 0 spiro atoms. The number of nitrogens with one attached hydrogen (secondary N) is 1. The van der Waals surface area contributed by atoms with E-state index < -0.39 is 0 Å². The molecule has 2 heterocycles. The molecule has 1 unspecified atom stereocenters. The van der Waals surface area contributed by atoms with E-state index in [4.69, 9.17) is 4.74 Å². The summed E-state index contributed by atoms with van der Waals surface area (Å²) in [5.41, 5.74) is 0. The Hall–Kier alpha value is 0.270. The van der Waals surface area contributed by atoms with Gasteiger partial charge in [-0.3, -0.25) is 0 Å². The van der Waals surface area contributed by atoms with Crippen LogP contribution in [0.15, 0.2) is 0 Å². The summed E-state index contributed by atoms with van der Waals surface area (Å²) in [6.07, 6.45) is 6.70. The molecule has 2 rings (SSSR count). The van der Waals surface area contributed by atoms with E-state index in [1.165, 1.54) is 44.4 Å². The molecule has 3 heteroatoms. The van der Waals surface area contributed by atoms with Gasteiger partial charge in [-0.05, 0) is 31.4 Å². The van der Waals surface area contributed by atoms with Crippen LogP contribution in [0.3, 0.4) is 0 Å². The average molecular weight is 215 g/mol. The number of hydrogen-bond acceptors (Lipinski definition) is 3. The lowest BCUT2D eigenvalue weighted by atomic mass is 10.1. The molecule has 0 aliphatic carbocycles. The summed E-state index contributed by atoms with van der Waals surface area (Å²) in [5.74, 6) is 1.38. The Morgan fingerprint density at radius 2 is 2.00 bits per heavy atom. The highest BCUT2D eigenvalue weighted by Gasteiger charge is 2.17. The molecule has 1 atom stereocenters. The average Bonchev–Trinajstić information content (AvgIpc) is 2.29. The molecule has 2 aliphatic rings. The third kappa shape index (κ3) is 3.44. The number of rotatable bonds is 3. The molecule has 14 heavy (non-hydrogen) atoms. The van der Waals surface area contributed by atoms with E-state index in [2.05, 4.69) is 17.1 Å². The predicted molar refractivity (Wildman–Crippen MR) is 61.9 cm³/mol. The number of ether oxygens (including phenoxy) is 1. The molecule has 82 valence electrons. The minimum absolute atomic E-state index is 0.728. The van der Waals surface area contributed by atoms with E-state index in [0.717, 1.165) is 24.5 Å². The van der Waals surface area contributed by atoms with Crippen molar-refractivity contribution >= 4 is 11.8 Å². The first-order valence-electron chi connectivity index (χ1n) is 5.88. The van der Waals surface area contributed by atoms with Gasteiger partial charge in [0.2, 0.25) is 0 Å². The first kappa shape index (κ1) is 10.8. The predicted octanol–water partition coefficient (Wildman–Crippen LogP) is 2.04. The quantitative estimate of drug-likeness (QED) is 0.778. The Morgan fingerprint density at radius 1 is 1.14 bits per heavy atom. The normalized spacial score (nSPS) is 30.4. The van der Waals surface area contributed by atoms with Crippen LogP contribution in [0.25, 0.3) is 0 Å². The van der Waals surface area contributed by atoms with Gasteiger partial charge in [0.05, 0.1) is 0 Å². The van der Waals surface area contributed by atoms with Gasteiger partial charge in [-0.15, -0.1) is 0 Å². The monoisotopic (exact) mass is 215 g/mol. The van der Waals surface area contributed by atoms with E-state index in [-0.39, 0.29) is 0 Å². The van der Waals surface area contributed by atoms with Gasteiger partial charge in [0.15, 0.2) is 0 Å². The molecule has 0 saturated carbocycles. The van der Waals surface area contributed by atoms with E-state index in [0.29, 0.717) is 0 Å². The first-order chi connectivity index (χ1) is 6.95. The molecule has 0 aromatic carbocycles. The maximum Gasteiger partial charge on any atom is 0.0480 e. The Balaban J connectivity index is 1.60. The Bertz CT molecular complexity index is 135. The lowest BCUT2D eigenvalue weighted by Gasteiger charge is -2.27. The first-order valence-corrected chi connectivity index (χ1v) is 6.93. The molecule has 0 aromatic heterocycles. The topological polar surface area (TPSA) is 21.3 Å². The molecule has 0 amide bonds. The molecule has 2 aliphatic heterocycles. The molecule has 2 nitrogen and oxygen atoms in total. The molecule has 0 radical (unpaired) electrons. The maximum atomic E-state index is 5.35. The largest absolute Gasteiger partial charge is 0.381 e. The Morgan fingerprint density at radius 3 is 2.71 bits per heavy atom. The fraction of sp³-hybridized carbons (Fsp3) is 1.00. The molecular formula is C11H21NOS. The Labute approximate surface area is 91.2 Å². The van der Waals surface area contributed by atoms with Gasteiger partial charge in [0.1, 0.15) is 0 Å². The molecule has 2 saturated heterocycles. The van der Waals surface area contributed by atoms with Gasteiger partial charge in [0, 0.05) is 31.1 Å². The lowest BCUT2D eigenvalue weighted by Crippen LogP contribution is -2.39. The third-order valence-electron chi connectivity index (χ3n) is 3.13. The van der Waals surface area contributed by atoms with Gasteiger partial charge in [0.25, 0.3) is 0 Å². The van der Waals surface area contributed by atoms with E-state index in [9.17, 15) is 0 Å². The zero-order valence-corrected chi connectivity index (χ0v) is 9.65. The SMILES string of the molecule is C1CCC(CNC2CCOCC2)SC1. The van der Waals surface area contributed by atoms with Crippen LogP contribution in [0, 0.1) is 0 Å². The molecule has 1 N–H and O–H groups in total. The van der Waals surface area contributed by atoms with Crippen molar-refractivity contribution in [2.75, 3.05) is 25.5 Å². The van der Waals surface area contributed by atoms with Crippen molar-refractivity contribution < 1.29 is 4.74 Å². The van der Waals surface area contributed by atoms with Crippen molar-refractivity contribution in [3.05, 3.63) is 0 Å². The highest BCUT2D eigenvalue weighted by atomic mass is 32.2. The number of thioether (sulfide) groups is 1. The van der Waals surface area contributed by atoms with Crippen LogP contribution in [0.4, 0.5) is 0 Å². The van der Waals surface area contributed by atoms with Crippen LogP contribution in [0.5, 0.6) is 0 Å². The Kier molecular flexibility index (Phi) is 4.61. The van der Waals surface area contributed by atoms with Gasteiger partial charge < -0.3 is 10.1 Å². The van der Waals surface area contributed by atoms with E-state index in [1.807, 2.05) is 0 Å². The smallest absolute Gasteiger partial charge is 0.0480 e. The maximum absolute atomic E-state index is 5.35. The third-order valence-corrected chi connectivity index (χ3v) is 4.53. The molecular weight excluding hydrogens is 194 g/mol. The van der Waals surface area contributed by atoms with Crippen molar-refractivity contribution in [3.63, 3.8) is 0 Å². The van der Waals surface area contributed by atoms with E-state index in [1.54, 1.807) is 0 Å². The second kappa shape index (κ2) is 5.99. The van der Waals surface area contributed by atoms with Gasteiger partial charge in [-0.1, -0.05) is 6.42 Å². The standard InChI is InChI=1S/C11H21NOS/c1-2-8-14-11(3-1)9-12-10-4-6-13-7-5-10/h10-12H,1-9H2. The number of hydrogen-bond donors (Lipinski definition) is 1. The summed E-state index contributed by atoms with van der Waals surface area (Å²) in [5, 5.41) is 4.57. The van der Waals surface area contributed by atoms with Crippen LogP contribution in [0.1, 0.15) is 32.1 Å². The van der Waals surface area contributed by atoms with Crippen molar-refractivity contribution in [1.29, 1.82) is 0 Å². The summed E-state index contributed by atoms with van der Waals surface area (Å²) in [6.45, 7) is 3.13. The lowest BCUT2D eigenvalue weighted by molar-refractivity contribution is 0.0781. The van der Waals surface area contributed by atoms with Crippen molar-refractivity contribution in [1.82, 2.24) is 5.32 Å². The summed E-state index contributed by atoms with van der Waals surface area (Å²) >= 11 is 2.16. The van der Waals surface area contributed by atoms with Crippen molar-refractivity contribution in [3.8, 4) is 0 Å². The summed E-state index contributed by atoms with van der Waals surface area (Å²) in [6, 6.07) is 0.728. The van der Waals surface area contributed by atoms with Crippen LogP contribution < -0.4 is 5.32 Å². The van der Waals surface area contributed by atoms with Crippen LogP contribution in [0.2, 0.25) is 0 Å². The highest BCUT2D eigenvalue weighted by Crippen LogP contribution is 2.24. The minimum Gasteiger partial charge on any atom is -0.381 e. The zero-order chi connectivity index (χ0) is 9.64. The van der Waals surface area contributed by atoms with Crippen LogP contribution in [-0.4, -0.2) is 36.8 Å². The summed E-state index contributed by atoms with van der Waals surface area (Å²) in [7, 11) is 0. The van der Waals surface area contributed by atoms with Gasteiger partial charge in [-0.2, -0.15) is 11.8 Å². The fourth-order valence-electron chi connectivity index (χ4n) is 2.17. The second-order valence-corrected chi connectivity index (χ2v) is 5.69. The fourth-order valence-corrected chi connectivity index (χ4v) is 3.42. The van der Waals surface area contributed by atoms with Crippen LogP contribution >= 0.6 is 11.8 Å².